The van der Waals surface area contributed by atoms with Crippen LogP contribution in [0.4, 0.5) is 4.39 Å². The number of rotatable bonds is 3. The van der Waals surface area contributed by atoms with E-state index in [2.05, 4.69) is 0 Å². The number of benzene rings is 3. The first-order valence-electron chi connectivity index (χ1n) is 8.07. The van der Waals surface area contributed by atoms with Gasteiger partial charge in [0.15, 0.2) is 0 Å². The highest BCUT2D eigenvalue weighted by Gasteiger charge is 2.24. The Labute approximate surface area is 148 Å². The summed E-state index contributed by atoms with van der Waals surface area (Å²) < 4.78 is 19.5. The highest BCUT2D eigenvalue weighted by molar-refractivity contribution is 6.16. The van der Waals surface area contributed by atoms with E-state index in [1.807, 2.05) is 18.2 Å². The molecule has 0 aliphatic rings. The first-order chi connectivity index (χ1) is 12.7. The molecule has 1 heterocycles. The molecule has 0 N–H and O–H groups in total. The topological polar surface area (TPSA) is 47.3 Å². The predicted octanol–water partition coefficient (Wildman–Crippen LogP) is 4.83. The Morgan fingerprint density at radius 3 is 2.23 bits per heavy atom. The molecular formula is C22H13FO3. The average molecular weight is 344 g/mol. The minimum absolute atomic E-state index is 0.160. The Morgan fingerprint density at radius 1 is 0.808 bits per heavy atom. The van der Waals surface area contributed by atoms with Gasteiger partial charge in [-0.25, -0.2) is 9.18 Å². The van der Waals surface area contributed by atoms with Gasteiger partial charge in [0.2, 0.25) is 5.78 Å². The van der Waals surface area contributed by atoms with Crippen molar-refractivity contribution in [3.05, 3.63) is 106 Å². The van der Waals surface area contributed by atoms with Gasteiger partial charge in [0.25, 0.3) is 0 Å². The maximum Gasteiger partial charge on any atom is 0.348 e. The number of carbonyl (C=O) groups excluding carboxylic acids is 1. The summed E-state index contributed by atoms with van der Waals surface area (Å²) in [4.78, 5) is 25.7. The number of ketones is 1. The lowest BCUT2D eigenvalue weighted by atomic mass is 9.92. The molecule has 4 rings (SSSR count). The van der Waals surface area contributed by atoms with E-state index >= 15 is 0 Å². The zero-order valence-corrected chi connectivity index (χ0v) is 13.6. The number of hydrogen-bond acceptors (Lipinski definition) is 3. The van der Waals surface area contributed by atoms with Gasteiger partial charge in [-0.05, 0) is 23.8 Å². The van der Waals surface area contributed by atoms with E-state index in [1.165, 1.54) is 18.2 Å². The third kappa shape index (κ3) is 2.62. The van der Waals surface area contributed by atoms with Crippen LogP contribution in [0.5, 0.6) is 0 Å². The standard InChI is InChI=1S/C22H13FO3/c23-17-12-6-4-10-15(17)21(24)20-19(14-8-2-1-3-9-14)16-11-5-7-13-18(16)26-22(20)25/h1-13H. The first kappa shape index (κ1) is 16.0. The van der Waals surface area contributed by atoms with E-state index < -0.39 is 17.2 Å². The summed E-state index contributed by atoms with van der Waals surface area (Å²) in [5.74, 6) is -1.37. The van der Waals surface area contributed by atoms with Crippen molar-refractivity contribution in [3.8, 4) is 11.1 Å². The molecule has 1 aromatic heterocycles. The van der Waals surface area contributed by atoms with E-state index in [-0.39, 0.29) is 11.1 Å². The molecule has 0 atom stereocenters. The van der Waals surface area contributed by atoms with E-state index in [4.69, 9.17) is 4.42 Å². The molecule has 0 bridgehead atoms. The molecule has 0 unspecified atom stereocenters. The summed E-state index contributed by atoms with van der Waals surface area (Å²) in [6.07, 6.45) is 0. The second-order valence-corrected chi connectivity index (χ2v) is 5.81. The molecule has 0 saturated carbocycles. The summed E-state index contributed by atoms with van der Waals surface area (Å²) in [6.45, 7) is 0. The Balaban J connectivity index is 2.10. The minimum Gasteiger partial charge on any atom is -0.422 e. The zero-order chi connectivity index (χ0) is 18.1. The second kappa shape index (κ2) is 6.41. The molecule has 4 aromatic rings. The van der Waals surface area contributed by atoms with E-state index in [1.54, 1.807) is 42.5 Å². The normalized spacial score (nSPS) is 10.8. The Hall–Kier alpha value is -3.53. The van der Waals surface area contributed by atoms with E-state index in [0.29, 0.717) is 22.1 Å². The molecule has 0 saturated heterocycles. The van der Waals surface area contributed by atoms with Crippen molar-refractivity contribution in [2.75, 3.05) is 0 Å². The molecule has 0 radical (unpaired) electrons. The number of carbonyl (C=O) groups is 1. The molecule has 4 heteroatoms. The fraction of sp³-hybridized carbons (Fsp3) is 0. The average Bonchev–Trinajstić information content (AvgIpc) is 2.67. The van der Waals surface area contributed by atoms with Crippen LogP contribution >= 0.6 is 0 Å². The van der Waals surface area contributed by atoms with Crippen LogP contribution in [0, 0.1) is 5.82 Å². The molecule has 126 valence electrons. The predicted molar refractivity (Wildman–Crippen MR) is 97.8 cm³/mol. The van der Waals surface area contributed by atoms with Gasteiger partial charge in [-0.3, -0.25) is 4.79 Å². The van der Waals surface area contributed by atoms with E-state index in [9.17, 15) is 14.0 Å². The van der Waals surface area contributed by atoms with Gasteiger partial charge < -0.3 is 4.42 Å². The Kier molecular flexibility index (Phi) is 3.93. The molecule has 0 amide bonds. The molecule has 3 aromatic carbocycles. The van der Waals surface area contributed by atoms with Crippen LogP contribution in [0.3, 0.4) is 0 Å². The molecule has 26 heavy (non-hydrogen) atoms. The fourth-order valence-corrected chi connectivity index (χ4v) is 3.04. The highest BCUT2D eigenvalue weighted by Crippen LogP contribution is 2.31. The smallest absolute Gasteiger partial charge is 0.348 e. The highest BCUT2D eigenvalue weighted by atomic mass is 19.1. The van der Waals surface area contributed by atoms with Crippen molar-refractivity contribution in [1.29, 1.82) is 0 Å². The lowest BCUT2D eigenvalue weighted by Crippen LogP contribution is -2.18. The number of hydrogen-bond donors (Lipinski definition) is 0. The molecule has 0 aliphatic carbocycles. The number of fused-ring (bicyclic) bond motifs is 1. The maximum absolute atomic E-state index is 14.2. The first-order valence-corrected chi connectivity index (χ1v) is 8.07. The molecule has 0 aliphatic heterocycles. The largest absolute Gasteiger partial charge is 0.422 e. The van der Waals surface area contributed by atoms with Gasteiger partial charge in [0.1, 0.15) is 17.0 Å². The van der Waals surface area contributed by atoms with Crippen molar-refractivity contribution >= 4 is 16.8 Å². The molecule has 0 spiro atoms. The summed E-state index contributed by atoms with van der Waals surface area (Å²) in [7, 11) is 0. The van der Waals surface area contributed by atoms with Crippen LogP contribution in [0.25, 0.3) is 22.1 Å². The third-order valence-electron chi connectivity index (χ3n) is 4.22. The van der Waals surface area contributed by atoms with Crippen LogP contribution in [0.1, 0.15) is 15.9 Å². The van der Waals surface area contributed by atoms with Gasteiger partial charge in [-0.15, -0.1) is 0 Å². The van der Waals surface area contributed by atoms with Crippen molar-refractivity contribution < 1.29 is 13.6 Å². The third-order valence-corrected chi connectivity index (χ3v) is 4.22. The molecular weight excluding hydrogens is 331 g/mol. The number of para-hydroxylation sites is 1. The Morgan fingerprint density at radius 2 is 1.46 bits per heavy atom. The fourth-order valence-electron chi connectivity index (χ4n) is 3.04. The Bertz CT molecular complexity index is 1180. The SMILES string of the molecule is O=C(c1ccccc1F)c1c(-c2ccccc2)c2ccccc2oc1=O. The molecule has 0 fully saturated rings. The van der Waals surface area contributed by atoms with Crippen LogP contribution in [-0.2, 0) is 0 Å². The molecule has 3 nitrogen and oxygen atoms in total. The van der Waals surface area contributed by atoms with Crippen molar-refractivity contribution in [1.82, 2.24) is 0 Å². The zero-order valence-electron chi connectivity index (χ0n) is 13.6. The summed E-state index contributed by atoms with van der Waals surface area (Å²) in [5, 5.41) is 0.623. The lowest BCUT2D eigenvalue weighted by molar-refractivity contribution is 0.103. The van der Waals surface area contributed by atoms with Gasteiger partial charge in [0, 0.05) is 10.9 Å². The van der Waals surface area contributed by atoms with E-state index in [0.717, 1.165) is 0 Å². The lowest BCUT2D eigenvalue weighted by Gasteiger charge is -2.11. The minimum atomic E-state index is -0.782. The second-order valence-electron chi connectivity index (χ2n) is 5.81. The van der Waals surface area contributed by atoms with Crippen molar-refractivity contribution in [3.63, 3.8) is 0 Å². The van der Waals surface area contributed by atoms with Gasteiger partial charge in [-0.1, -0.05) is 60.7 Å². The number of halogens is 1. The van der Waals surface area contributed by atoms with Crippen LogP contribution in [-0.4, -0.2) is 5.78 Å². The van der Waals surface area contributed by atoms with Gasteiger partial charge in [-0.2, -0.15) is 0 Å². The van der Waals surface area contributed by atoms with Crippen molar-refractivity contribution in [2.45, 2.75) is 0 Å². The monoisotopic (exact) mass is 344 g/mol. The van der Waals surface area contributed by atoms with Crippen LogP contribution in [0.15, 0.2) is 88.1 Å². The van der Waals surface area contributed by atoms with Gasteiger partial charge in [0.05, 0.1) is 5.56 Å². The summed E-state index contributed by atoms with van der Waals surface area (Å²) in [6, 6.07) is 21.7. The van der Waals surface area contributed by atoms with Crippen LogP contribution in [0.2, 0.25) is 0 Å². The summed E-state index contributed by atoms with van der Waals surface area (Å²) >= 11 is 0. The maximum atomic E-state index is 14.2. The van der Waals surface area contributed by atoms with Crippen LogP contribution < -0.4 is 5.63 Å². The quantitative estimate of drug-likeness (QED) is 0.395. The summed E-state index contributed by atoms with van der Waals surface area (Å²) in [5.41, 5.74) is 0.409. The van der Waals surface area contributed by atoms with Crippen molar-refractivity contribution in [2.24, 2.45) is 0 Å². The van der Waals surface area contributed by atoms with Gasteiger partial charge >= 0.3 is 5.63 Å².